The first-order valence-corrected chi connectivity index (χ1v) is 24.7. The Hall–Kier alpha value is -13.4. The molecule has 0 saturated carbocycles. The number of fused-ring (bicyclic) bond motifs is 4. The van der Waals surface area contributed by atoms with E-state index in [1.165, 1.54) is 0 Å². The number of carboxylic acid groups (broad SMARTS) is 2. The summed E-state index contributed by atoms with van der Waals surface area (Å²) in [6, 6.07) is 3.75. The van der Waals surface area contributed by atoms with E-state index in [4.69, 9.17) is 37.9 Å². The van der Waals surface area contributed by atoms with Crippen LogP contribution in [0.4, 0.5) is 0 Å². The number of hydrogen-bond acceptors (Lipinski definition) is 34. The highest BCUT2D eigenvalue weighted by Gasteiger charge is 2.56. The number of rotatable bonds is 12. The van der Waals surface area contributed by atoms with Gasteiger partial charge in [0.2, 0.25) is 58.4 Å². The van der Waals surface area contributed by atoms with Gasteiger partial charge in [-0.1, -0.05) is 0 Å². The predicted octanol–water partition coefficient (Wildman–Crippen LogP) is 3.47. The van der Waals surface area contributed by atoms with E-state index in [1.807, 2.05) is 0 Å². The summed E-state index contributed by atoms with van der Waals surface area (Å²) >= 11 is 0. The minimum absolute atomic E-state index is 0.219. The maximum absolute atomic E-state index is 14.9. The van der Waals surface area contributed by atoms with Gasteiger partial charge in [-0.3, -0.25) is 0 Å². The molecule has 1 saturated heterocycles. The lowest BCUT2D eigenvalue weighted by Gasteiger charge is -2.43. The van der Waals surface area contributed by atoms with E-state index >= 15 is 0 Å². The second kappa shape index (κ2) is 23.1. The summed E-state index contributed by atoms with van der Waals surface area (Å²) in [5, 5.41) is 222. The minimum Gasteiger partial charge on any atom is -0.504 e. The fraction of sp³-hybridized carbons (Fsp3) is 0.109. The Bertz CT molecular complexity index is 4250. The second-order valence-electron chi connectivity index (χ2n) is 19.0. The van der Waals surface area contributed by atoms with Crippen molar-refractivity contribution in [2.75, 3.05) is 6.61 Å². The maximum Gasteiger partial charge on any atom is 0.342 e. The molecule has 2 aliphatic rings. The summed E-state index contributed by atoms with van der Waals surface area (Å²) in [5.41, 5.74) is -10.1. The zero-order valence-corrected chi connectivity index (χ0v) is 44.4. The van der Waals surface area contributed by atoms with E-state index < -0.39 is 261 Å². The van der Waals surface area contributed by atoms with E-state index in [2.05, 4.69) is 0 Å². The molecule has 1 fully saturated rings. The molecule has 0 spiro atoms. The van der Waals surface area contributed by atoms with Crippen molar-refractivity contribution in [3.8, 4) is 143 Å². The summed E-state index contributed by atoms with van der Waals surface area (Å²) in [7, 11) is 0. The second-order valence-corrected chi connectivity index (χ2v) is 19.0. The van der Waals surface area contributed by atoms with Crippen molar-refractivity contribution in [2.45, 2.75) is 30.7 Å². The van der Waals surface area contributed by atoms with Crippen molar-refractivity contribution < 1.29 is 179 Å². The Kier molecular flexibility index (Phi) is 15.8. The number of esters is 5. The number of cyclic esters (lactones) is 1. The van der Waals surface area contributed by atoms with Gasteiger partial charge in [-0.2, -0.15) is 0 Å². The van der Waals surface area contributed by atoms with Gasteiger partial charge >= 0.3 is 41.8 Å². The van der Waals surface area contributed by atoms with Gasteiger partial charge in [0.1, 0.15) is 23.8 Å². The average molecular weight is 1270 g/mol. The van der Waals surface area contributed by atoms with E-state index in [9.17, 15) is 141 Å². The van der Waals surface area contributed by atoms with Crippen LogP contribution in [-0.2, 0) is 28.4 Å². The normalized spacial score (nSPS) is 16.9. The highest BCUT2D eigenvalue weighted by molar-refractivity contribution is 6.08. The van der Waals surface area contributed by atoms with Crippen molar-refractivity contribution >= 4 is 41.8 Å². The van der Waals surface area contributed by atoms with Gasteiger partial charge in [-0.05, 0) is 48.5 Å². The van der Waals surface area contributed by atoms with Crippen LogP contribution in [0.1, 0.15) is 72.5 Å². The number of aromatic hydroxyl groups is 19. The van der Waals surface area contributed by atoms with Gasteiger partial charge in [0, 0.05) is 23.3 Å². The largest absolute Gasteiger partial charge is 0.504 e. The lowest BCUT2D eigenvalue weighted by atomic mass is 9.92. The van der Waals surface area contributed by atoms with E-state index in [0.717, 1.165) is 0 Å². The summed E-state index contributed by atoms with van der Waals surface area (Å²) in [6.07, 6.45) is -13.9. The third-order valence-electron chi connectivity index (χ3n) is 13.3. The van der Waals surface area contributed by atoms with Crippen molar-refractivity contribution in [2.24, 2.45) is 0 Å². The number of phenols is 19. The molecule has 36 heteroatoms. The Morgan fingerprint density at radius 3 is 1.23 bits per heavy atom. The van der Waals surface area contributed by atoms with Crippen LogP contribution in [0, 0.1) is 0 Å². The van der Waals surface area contributed by atoms with Crippen LogP contribution in [0.25, 0.3) is 11.1 Å². The van der Waals surface area contributed by atoms with E-state index in [-0.39, 0.29) is 6.07 Å². The van der Waals surface area contributed by atoms with Crippen molar-refractivity contribution in [1.82, 2.24) is 0 Å². The molecule has 0 aliphatic carbocycles. The summed E-state index contributed by atoms with van der Waals surface area (Å²) < 4.78 is 44.5. The molecule has 7 aromatic rings. The smallest absolute Gasteiger partial charge is 0.342 e. The van der Waals surface area contributed by atoms with Crippen LogP contribution in [-0.4, -0.2) is 186 Å². The number of aromatic carboxylic acids is 2. The Labute approximate surface area is 499 Å². The number of hydrogen-bond donors (Lipinski definition) is 21. The first-order chi connectivity index (χ1) is 42.7. The molecule has 7 aromatic carbocycles. The van der Waals surface area contributed by atoms with E-state index in [0.29, 0.717) is 54.6 Å². The van der Waals surface area contributed by atoms with Gasteiger partial charge in [0.25, 0.3) is 0 Å². The van der Waals surface area contributed by atoms with Crippen molar-refractivity contribution in [3.63, 3.8) is 0 Å². The van der Waals surface area contributed by atoms with Crippen LogP contribution in [0.5, 0.6) is 132 Å². The molecule has 2 aliphatic heterocycles. The van der Waals surface area contributed by atoms with Gasteiger partial charge in [0.15, 0.2) is 98.5 Å². The molecule has 91 heavy (non-hydrogen) atoms. The molecule has 5 atom stereocenters. The molecule has 2 heterocycles. The number of carbonyl (C=O) groups excluding carboxylic acids is 5. The summed E-state index contributed by atoms with van der Waals surface area (Å²) in [6.45, 7) is -1.47. The number of carboxylic acids is 2. The molecule has 0 aromatic heterocycles. The Morgan fingerprint density at radius 2 is 0.758 bits per heavy atom. The van der Waals surface area contributed by atoms with Crippen LogP contribution < -0.4 is 9.47 Å². The predicted molar refractivity (Wildman–Crippen MR) is 282 cm³/mol. The highest BCUT2D eigenvalue weighted by atomic mass is 16.7. The first kappa shape index (κ1) is 62.1. The molecule has 474 valence electrons. The van der Waals surface area contributed by atoms with Crippen LogP contribution >= 0.6 is 0 Å². The molecule has 9 rings (SSSR count). The zero-order valence-electron chi connectivity index (χ0n) is 44.4. The maximum atomic E-state index is 14.9. The number of phenolic OH excluding ortho intramolecular Hbond substituents is 19. The third kappa shape index (κ3) is 11.1. The average Bonchev–Trinajstić information content (AvgIpc) is 1.65. The van der Waals surface area contributed by atoms with Gasteiger partial charge < -0.3 is 145 Å². The fourth-order valence-electron chi connectivity index (χ4n) is 8.95. The van der Waals surface area contributed by atoms with Crippen molar-refractivity contribution in [1.29, 1.82) is 0 Å². The fourth-order valence-corrected chi connectivity index (χ4v) is 8.95. The van der Waals surface area contributed by atoms with Gasteiger partial charge in [0.05, 0.1) is 27.8 Å². The SMILES string of the molecule is O=C(O)c1cc(O)c(Oc2c(C(=O)O[C@H]3C(OC(=O)c4cc(O)c(O)c(O)c4)[C@@H]4OC(=O)c5cc(O)c(O)c(O)c5-c5c(cc(O)c(O)c5O)C(=O)OCC4O[C@H]3OC(=O)c3cc(O)c(Oc4c(C(=O)O)cc(O)c(O)c4O)c(O)c3)cc(O)c(O)c2O)c(O)c1. The monoisotopic (exact) mass is 1270 g/mol. The lowest BCUT2D eigenvalue weighted by Crippen LogP contribution is -2.63. The minimum atomic E-state index is -2.96. The molecule has 36 nitrogen and oxygen atoms in total. The first-order valence-electron chi connectivity index (χ1n) is 24.7. The molecule has 0 radical (unpaired) electrons. The highest BCUT2D eigenvalue weighted by Crippen LogP contribution is 2.55. The van der Waals surface area contributed by atoms with Crippen LogP contribution in [0.3, 0.4) is 0 Å². The third-order valence-corrected chi connectivity index (χ3v) is 13.3. The quantitative estimate of drug-likeness (QED) is 0.0473. The topological polar surface area (TPSA) is 618 Å². The summed E-state index contributed by atoms with van der Waals surface area (Å²) in [4.78, 5) is 96.5. The number of carbonyl (C=O) groups is 7. The molecule has 21 N–H and O–H groups in total. The molecule has 0 bridgehead atoms. The molecule has 2 unspecified atom stereocenters. The van der Waals surface area contributed by atoms with Gasteiger partial charge in [-0.25, -0.2) is 33.6 Å². The van der Waals surface area contributed by atoms with Crippen molar-refractivity contribution in [3.05, 3.63) is 99.6 Å². The summed E-state index contributed by atoms with van der Waals surface area (Å²) in [5.74, 6) is -44.9. The zero-order chi connectivity index (χ0) is 66.8. The molecular weight excluding hydrogens is 1240 g/mol. The molecular formula is C55H38O36. The van der Waals surface area contributed by atoms with Crippen LogP contribution in [0.2, 0.25) is 0 Å². The molecule has 0 amide bonds. The standard InChI is InChI=1S/C55H38O36/c56-19-3-13(4-20(57)32(19)66)50(79)89-46-45-29(11-84-52(81)15-7-21(58)33(67)37(71)30(15)31-16(53(82)88-45)8-22(59)34(68)38(31)72)85-55(91-51(80)14-5-27(64)44(28(65)6-14)86-41-17(49(77)78)9-23(60)35(69)39(41)73)47(46)90-54(83)18-10-24(61)36(70)40(74)42(18)87-43-25(62)1-12(48(75)76)2-26(43)63/h1-10,29,45-47,55-74H,11H2,(H,75,76)(H,77,78)/t29?,45-,46?,47+,55+/m1/s1. The lowest BCUT2D eigenvalue weighted by molar-refractivity contribution is -0.282. The van der Waals surface area contributed by atoms with E-state index in [1.54, 1.807) is 0 Å². The Morgan fingerprint density at radius 1 is 0.374 bits per heavy atom. The van der Waals surface area contributed by atoms with Crippen LogP contribution in [0.15, 0.2) is 60.7 Å². The number of ether oxygens (including phenoxy) is 8. The Balaban J connectivity index is 1.24. The van der Waals surface area contributed by atoms with Gasteiger partial charge in [-0.15, -0.1) is 0 Å². The number of benzene rings is 7.